The number of esters is 1. The van der Waals surface area contributed by atoms with E-state index in [-0.39, 0.29) is 24.5 Å². The maximum absolute atomic E-state index is 13.6. The summed E-state index contributed by atoms with van der Waals surface area (Å²) in [5.74, 6) is 0.262. The van der Waals surface area contributed by atoms with Crippen LogP contribution in [0.25, 0.3) is 11.2 Å². The SMILES string of the molecule is COC(=O)[C@H](C)NP(=O)(OC[C@H]1C[C@@H](n2cnc3c(OC)nc(N)nc32)C1)Oc1ccccc1Br. The maximum atomic E-state index is 13.6. The Balaban J connectivity index is 1.43. The zero-order chi connectivity index (χ0) is 25.2. The van der Waals surface area contributed by atoms with Gasteiger partial charge in [-0.25, -0.2) is 9.55 Å². The molecule has 1 aliphatic rings. The fourth-order valence-electron chi connectivity index (χ4n) is 3.79. The molecule has 4 rings (SSSR count). The maximum Gasteiger partial charge on any atom is 0.459 e. The van der Waals surface area contributed by atoms with Crippen LogP contribution in [-0.2, 0) is 18.6 Å². The summed E-state index contributed by atoms with van der Waals surface area (Å²) in [4.78, 5) is 24.6. The van der Waals surface area contributed by atoms with Gasteiger partial charge in [-0.2, -0.15) is 15.1 Å². The van der Waals surface area contributed by atoms with Gasteiger partial charge < -0.3 is 24.3 Å². The number of para-hydroxylation sites is 1. The predicted molar refractivity (Wildman–Crippen MR) is 131 cm³/mol. The van der Waals surface area contributed by atoms with Gasteiger partial charge in [-0.15, -0.1) is 0 Å². The summed E-state index contributed by atoms with van der Waals surface area (Å²) in [6.45, 7) is 1.68. The second-order valence-electron chi connectivity index (χ2n) is 8.10. The van der Waals surface area contributed by atoms with Gasteiger partial charge in [-0.1, -0.05) is 12.1 Å². The molecule has 2 heterocycles. The van der Waals surface area contributed by atoms with Crippen LogP contribution < -0.4 is 20.1 Å². The molecule has 12 nitrogen and oxygen atoms in total. The molecule has 0 amide bonds. The molecule has 2 aromatic heterocycles. The molecule has 1 fully saturated rings. The molecule has 188 valence electrons. The van der Waals surface area contributed by atoms with Crippen molar-refractivity contribution >= 4 is 46.8 Å². The van der Waals surface area contributed by atoms with Crippen LogP contribution in [0.1, 0.15) is 25.8 Å². The lowest BCUT2D eigenvalue weighted by Crippen LogP contribution is -2.36. The quantitative estimate of drug-likeness (QED) is 0.273. The van der Waals surface area contributed by atoms with Crippen molar-refractivity contribution in [2.24, 2.45) is 5.92 Å². The molecular formula is C21H26BrN6O6P. The molecule has 0 spiro atoms. The number of halogens is 1. The predicted octanol–water partition coefficient (Wildman–Crippen LogP) is 3.49. The molecule has 3 aromatic rings. The van der Waals surface area contributed by atoms with Crippen LogP contribution in [-0.4, -0.2) is 52.4 Å². The van der Waals surface area contributed by atoms with Crippen molar-refractivity contribution in [1.29, 1.82) is 0 Å². The Morgan fingerprint density at radius 1 is 1.31 bits per heavy atom. The largest absolute Gasteiger partial charge is 0.479 e. The van der Waals surface area contributed by atoms with Gasteiger partial charge in [0.2, 0.25) is 11.8 Å². The first-order valence-electron chi connectivity index (χ1n) is 10.8. The summed E-state index contributed by atoms with van der Waals surface area (Å²) in [5.41, 5.74) is 6.93. The van der Waals surface area contributed by atoms with Gasteiger partial charge >= 0.3 is 13.7 Å². The molecule has 1 aliphatic carbocycles. The summed E-state index contributed by atoms with van der Waals surface area (Å²) >= 11 is 3.37. The third kappa shape index (κ3) is 5.58. The average Bonchev–Trinajstić information content (AvgIpc) is 3.21. The summed E-state index contributed by atoms with van der Waals surface area (Å²) < 4.78 is 37.6. The molecule has 1 unspecified atom stereocenters. The molecule has 0 aliphatic heterocycles. The lowest BCUT2D eigenvalue weighted by molar-refractivity contribution is -0.142. The van der Waals surface area contributed by atoms with Crippen molar-refractivity contribution in [1.82, 2.24) is 24.6 Å². The number of imidazole rings is 1. The van der Waals surface area contributed by atoms with Gasteiger partial charge in [0, 0.05) is 6.04 Å². The number of nitrogens with zero attached hydrogens (tertiary/aromatic N) is 4. The number of anilines is 1. The van der Waals surface area contributed by atoms with Crippen LogP contribution in [0.5, 0.6) is 11.6 Å². The number of aromatic nitrogens is 4. The average molecular weight is 569 g/mol. The van der Waals surface area contributed by atoms with E-state index in [9.17, 15) is 9.36 Å². The molecule has 0 saturated heterocycles. The molecule has 0 bridgehead atoms. The Bertz CT molecular complexity index is 1270. The van der Waals surface area contributed by atoms with E-state index in [0.29, 0.717) is 27.3 Å². The van der Waals surface area contributed by atoms with E-state index in [1.165, 1.54) is 21.1 Å². The van der Waals surface area contributed by atoms with Crippen molar-refractivity contribution < 1.29 is 27.9 Å². The summed E-state index contributed by atoms with van der Waals surface area (Å²) in [6, 6.07) is 6.15. The van der Waals surface area contributed by atoms with Crippen molar-refractivity contribution in [3.63, 3.8) is 0 Å². The standard InChI is InChI=1S/C21H26BrN6O6P/c1-12(20(29)32-3)27-35(30,34-16-7-5-4-6-15(16)22)33-10-13-8-14(9-13)28-11-24-17-18(28)25-21(23)26-19(17)31-2/h4-7,11-14H,8-10H2,1-3H3,(H,27,30)(H2,23,25,26)/t12-,13-,14+,35?/m0/s1. The van der Waals surface area contributed by atoms with E-state index >= 15 is 0 Å². The molecule has 35 heavy (non-hydrogen) atoms. The topological polar surface area (TPSA) is 153 Å². The number of fused-ring (bicyclic) bond motifs is 1. The minimum absolute atomic E-state index is 0.102. The Kier molecular flexibility index (Phi) is 7.60. The number of hydrogen-bond acceptors (Lipinski definition) is 10. The van der Waals surface area contributed by atoms with E-state index in [2.05, 4.69) is 36.0 Å². The fourth-order valence-corrected chi connectivity index (χ4v) is 5.86. The van der Waals surface area contributed by atoms with Crippen LogP contribution in [0.15, 0.2) is 35.1 Å². The van der Waals surface area contributed by atoms with Crippen LogP contribution in [0, 0.1) is 5.92 Å². The molecule has 0 radical (unpaired) electrons. The number of nitrogens with one attached hydrogen (secondary N) is 1. The molecule has 14 heteroatoms. The molecule has 1 aromatic carbocycles. The van der Waals surface area contributed by atoms with Crippen LogP contribution >= 0.6 is 23.7 Å². The molecule has 3 N–H and O–H groups in total. The Morgan fingerprint density at radius 3 is 2.74 bits per heavy atom. The normalized spacial score (nSPS) is 20.0. The summed E-state index contributed by atoms with van der Waals surface area (Å²) in [6.07, 6.45) is 3.15. The Morgan fingerprint density at radius 2 is 2.06 bits per heavy atom. The molecule has 1 saturated carbocycles. The number of nitrogen functional groups attached to an aromatic ring is 1. The highest BCUT2D eigenvalue weighted by Gasteiger charge is 2.37. The van der Waals surface area contributed by atoms with Crippen molar-refractivity contribution in [3.8, 4) is 11.6 Å². The number of hydrogen-bond donors (Lipinski definition) is 2. The first kappa shape index (κ1) is 25.4. The van der Waals surface area contributed by atoms with Crippen LogP contribution in [0.3, 0.4) is 0 Å². The lowest BCUT2D eigenvalue weighted by Gasteiger charge is -2.36. The van der Waals surface area contributed by atoms with Gasteiger partial charge in [0.05, 0.1) is 31.6 Å². The zero-order valence-corrected chi connectivity index (χ0v) is 21.9. The van der Waals surface area contributed by atoms with E-state index in [1.54, 1.807) is 30.6 Å². The monoisotopic (exact) mass is 568 g/mol. The van der Waals surface area contributed by atoms with E-state index in [1.807, 2.05) is 4.57 Å². The van der Waals surface area contributed by atoms with Gasteiger partial charge in [0.1, 0.15) is 11.8 Å². The lowest BCUT2D eigenvalue weighted by atomic mass is 9.81. The number of ether oxygens (including phenoxy) is 2. The minimum atomic E-state index is -3.91. The van der Waals surface area contributed by atoms with E-state index in [4.69, 9.17) is 24.3 Å². The second kappa shape index (κ2) is 10.5. The Labute approximate surface area is 210 Å². The second-order valence-corrected chi connectivity index (χ2v) is 10.6. The Hall–Kier alpha value is -2.73. The zero-order valence-electron chi connectivity index (χ0n) is 19.4. The first-order chi connectivity index (χ1) is 16.7. The van der Waals surface area contributed by atoms with Gasteiger partial charge in [-0.3, -0.25) is 9.32 Å². The number of benzene rings is 1. The molecule has 2 atom stereocenters. The highest BCUT2D eigenvalue weighted by Crippen LogP contribution is 2.49. The van der Waals surface area contributed by atoms with Gasteiger partial charge in [0.15, 0.2) is 11.2 Å². The number of nitrogens with two attached hydrogens (primary N) is 1. The van der Waals surface area contributed by atoms with Crippen molar-refractivity contribution in [2.45, 2.75) is 31.8 Å². The van der Waals surface area contributed by atoms with E-state index < -0.39 is 19.8 Å². The highest BCUT2D eigenvalue weighted by molar-refractivity contribution is 9.10. The number of carbonyl (C=O) groups excluding carboxylic acids is 1. The number of carbonyl (C=O) groups is 1. The first-order valence-corrected chi connectivity index (χ1v) is 13.1. The third-order valence-electron chi connectivity index (χ3n) is 5.65. The van der Waals surface area contributed by atoms with Crippen LogP contribution in [0.4, 0.5) is 5.95 Å². The fraction of sp³-hybridized carbons (Fsp3) is 0.429. The van der Waals surface area contributed by atoms with Crippen molar-refractivity contribution in [3.05, 3.63) is 35.1 Å². The van der Waals surface area contributed by atoms with Crippen molar-refractivity contribution in [2.75, 3.05) is 26.6 Å². The highest BCUT2D eigenvalue weighted by atomic mass is 79.9. The minimum Gasteiger partial charge on any atom is -0.479 e. The number of methoxy groups -OCH3 is 2. The van der Waals surface area contributed by atoms with Gasteiger partial charge in [0.25, 0.3) is 0 Å². The summed E-state index contributed by atoms with van der Waals surface area (Å²) in [7, 11) is -1.16. The third-order valence-corrected chi connectivity index (χ3v) is 7.93. The van der Waals surface area contributed by atoms with Crippen LogP contribution in [0.2, 0.25) is 0 Å². The number of rotatable bonds is 10. The summed E-state index contributed by atoms with van der Waals surface area (Å²) in [5, 5.41) is 2.66. The van der Waals surface area contributed by atoms with E-state index in [0.717, 1.165) is 12.8 Å². The molecular weight excluding hydrogens is 543 g/mol. The smallest absolute Gasteiger partial charge is 0.459 e. The van der Waals surface area contributed by atoms with Gasteiger partial charge in [-0.05, 0) is 53.7 Å².